The number of hydrogen-bond acceptors (Lipinski definition) is 3. The van der Waals surface area contributed by atoms with Crippen LogP contribution in [-0.2, 0) is 9.59 Å². The summed E-state index contributed by atoms with van der Waals surface area (Å²) < 4.78 is 13.0. The van der Waals surface area contributed by atoms with Gasteiger partial charge in [-0.05, 0) is 35.9 Å². The first-order valence-electron chi connectivity index (χ1n) is 7.59. The minimum atomic E-state index is -0.261. The average molecular weight is 344 g/mol. The fourth-order valence-electron chi connectivity index (χ4n) is 2.58. The Balaban J connectivity index is 1.60. The first kappa shape index (κ1) is 16.4. The van der Waals surface area contributed by atoms with Crippen LogP contribution >= 0.6 is 11.3 Å². The maximum atomic E-state index is 13.0. The van der Waals surface area contributed by atoms with Crippen LogP contribution in [0.4, 0.5) is 4.39 Å². The number of hydrogen-bond donors (Lipinski definition) is 1. The lowest BCUT2D eigenvalue weighted by molar-refractivity contribution is -0.126. The number of thiophene rings is 1. The van der Waals surface area contributed by atoms with Gasteiger partial charge in [0.25, 0.3) is 0 Å². The lowest BCUT2D eigenvalue weighted by atomic mass is 10.2. The molecule has 1 N–H and O–H groups in total. The van der Waals surface area contributed by atoms with Crippen LogP contribution in [0.25, 0.3) is 16.5 Å². The van der Waals surface area contributed by atoms with Gasteiger partial charge in [-0.3, -0.25) is 9.59 Å². The average Bonchev–Trinajstić information content (AvgIpc) is 3.13. The molecule has 1 aliphatic rings. The van der Waals surface area contributed by atoms with Crippen LogP contribution in [0.3, 0.4) is 0 Å². The molecule has 1 unspecified atom stereocenters. The molecule has 124 valence electrons. The Morgan fingerprint density at radius 3 is 2.71 bits per heavy atom. The second-order valence-corrected chi connectivity index (χ2v) is 6.84. The summed E-state index contributed by atoms with van der Waals surface area (Å²) in [6.45, 7) is 0.548. The van der Waals surface area contributed by atoms with Crippen LogP contribution in [0.2, 0.25) is 0 Å². The number of amides is 2. The maximum absolute atomic E-state index is 13.0. The predicted molar refractivity (Wildman–Crippen MR) is 92.9 cm³/mol. The number of rotatable bonds is 4. The minimum absolute atomic E-state index is 0.0477. The van der Waals surface area contributed by atoms with Crippen molar-refractivity contribution in [1.29, 1.82) is 0 Å². The van der Waals surface area contributed by atoms with Gasteiger partial charge < -0.3 is 10.2 Å². The molecule has 1 saturated heterocycles. The van der Waals surface area contributed by atoms with Crippen LogP contribution in [-0.4, -0.2) is 36.3 Å². The molecule has 0 aliphatic carbocycles. The zero-order valence-corrected chi connectivity index (χ0v) is 14.0. The molecule has 1 atom stereocenters. The third kappa shape index (κ3) is 3.89. The SMILES string of the molecule is CN1CC(NC(=O)/C=C/c2ccc(-c3ccc(F)cc3)s2)CC1=O. The van der Waals surface area contributed by atoms with Crippen molar-refractivity contribution in [2.75, 3.05) is 13.6 Å². The van der Waals surface area contributed by atoms with Crippen LogP contribution in [0, 0.1) is 5.82 Å². The van der Waals surface area contributed by atoms with Crippen molar-refractivity contribution in [1.82, 2.24) is 10.2 Å². The fraction of sp³-hybridized carbons (Fsp3) is 0.222. The van der Waals surface area contributed by atoms with E-state index in [0.717, 1.165) is 15.3 Å². The molecule has 3 rings (SSSR count). The number of benzene rings is 1. The van der Waals surface area contributed by atoms with E-state index in [1.807, 2.05) is 12.1 Å². The lowest BCUT2D eigenvalue weighted by Gasteiger charge is -2.10. The van der Waals surface area contributed by atoms with E-state index < -0.39 is 0 Å². The van der Waals surface area contributed by atoms with Crippen molar-refractivity contribution in [2.45, 2.75) is 12.5 Å². The molecular weight excluding hydrogens is 327 g/mol. The van der Waals surface area contributed by atoms with Gasteiger partial charge in [0.05, 0.1) is 6.04 Å². The van der Waals surface area contributed by atoms with E-state index in [1.54, 1.807) is 30.2 Å². The topological polar surface area (TPSA) is 49.4 Å². The number of likely N-dealkylation sites (N-methyl/N-ethyl adjacent to an activating group) is 1. The third-order valence-electron chi connectivity index (χ3n) is 3.84. The standard InChI is InChI=1S/C18H17FN2O2S/c1-21-11-14(10-18(21)23)20-17(22)9-7-15-6-8-16(24-15)12-2-4-13(19)5-3-12/h2-9,14H,10-11H2,1H3,(H,20,22)/b9-7+. The highest BCUT2D eigenvalue weighted by molar-refractivity contribution is 7.16. The number of likely N-dealkylation sites (tertiary alicyclic amines) is 1. The van der Waals surface area contributed by atoms with E-state index >= 15 is 0 Å². The number of carbonyl (C=O) groups excluding carboxylic acids is 2. The summed E-state index contributed by atoms with van der Waals surface area (Å²) in [4.78, 5) is 26.9. The monoisotopic (exact) mass is 344 g/mol. The molecule has 0 spiro atoms. The highest BCUT2D eigenvalue weighted by Gasteiger charge is 2.27. The van der Waals surface area contributed by atoms with E-state index in [9.17, 15) is 14.0 Å². The molecule has 0 saturated carbocycles. The molecule has 1 fully saturated rings. The maximum Gasteiger partial charge on any atom is 0.244 e. The van der Waals surface area contributed by atoms with Crippen molar-refractivity contribution >= 4 is 29.2 Å². The second kappa shape index (κ2) is 6.97. The summed E-state index contributed by atoms with van der Waals surface area (Å²) in [6, 6.07) is 10.1. The fourth-order valence-corrected chi connectivity index (χ4v) is 3.50. The van der Waals surface area contributed by atoms with E-state index in [2.05, 4.69) is 5.32 Å². The van der Waals surface area contributed by atoms with Gasteiger partial charge in [0.1, 0.15) is 5.82 Å². The first-order chi connectivity index (χ1) is 11.5. The molecule has 1 aromatic heterocycles. The summed E-state index contributed by atoms with van der Waals surface area (Å²) in [5.74, 6) is -0.422. The second-order valence-electron chi connectivity index (χ2n) is 5.73. The van der Waals surface area contributed by atoms with E-state index in [1.165, 1.54) is 29.5 Å². The molecule has 1 aromatic carbocycles. The van der Waals surface area contributed by atoms with Crippen molar-refractivity contribution in [2.24, 2.45) is 0 Å². The van der Waals surface area contributed by atoms with Gasteiger partial charge in [0, 0.05) is 35.8 Å². The first-order valence-corrected chi connectivity index (χ1v) is 8.41. The molecule has 6 heteroatoms. The largest absolute Gasteiger partial charge is 0.348 e. The Kier molecular flexibility index (Phi) is 4.76. The van der Waals surface area contributed by atoms with Crippen LogP contribution in [0.5, 0.6) is 0 Å². The summed E-state index contributed by atoms with van der Waals surface area (Å²) >= 11 is 1.53. The highest BCUT2D eigenvalue weighted by atomic mass is 32.1. The Hall–Kier alpha value is -2.47. The van der Waals surface area contributed by atoms with Gasteiger partial charge >= 0.3 is 0 Å². The van der Waals surface area contributed by atoms with Crippen molar-refractivity contribution < 1.29 is 14.0 Å². The van der Waals surface area contributed by atoms with Gasteiger partial charge in [0.15, 0.2) is 0 Å². The van der Waals surface area contributed by atoms with E-state index in [0.29, 0.717) is 13.0 Å². The molecule has 1 aliphatic heterocycles. The third-order valence-corrected chi connectivity index (χ3v) is 4.94. The molecule has 0 radical (unpaired) electrons. The summed E-state index contributed by atoms with van der Waals surface area (Å²) in [7, 11) is 1.73. The summed E-state index contributed by atoms with van der Waals surface area (Å²) in [5, 5.41) is 2.83. The molecule has 2 heterocycles. The predicted octanol–water partition coefficient (Wildman–Crippen LogP) is 2.91. The number of nitrogens with one attached hydrogen (secondary N) is 1. The van der Waals surface area contributed by atoms with Gasteiger partial charge in [-0.1, -0.05) is 12.1 Å². The normalized spacial score (nSPS) is 17.7. The van der Waals surface area contributed by atoms with Crippen LogP contribution < -0.4 is 5.32 Å². The van der Waals surface area contributed by atoms with Gasteiger partial charge in [0.2, 0.25) is 11.8 Å². The highest BCUT2D eigenvalue weighted by Crippen LogP contribution is 2.28. The van der Waals surface area contributed by atoms with Crippen molar-refractivity contribution in [3.05, 3.63) is 53.2 Å². The van der Waals surface area contributed by atoms with Crippen LogP contribution in [0.1, 0.15) is 11.3 Å². The van der Waals surface area contributed by atoms with E-state index in [-0.39, 0.29) is 23.7 Å². The molecule has 4 nitrogen and oxygen atoms in total. The minimum Gasteiger partial charge on any atom is -0.348 e. The van der Waals surface area contributed by atoms with Gasteiger partial charge in [-0.15, -0.1) is 11.3 Å². The van der Waals surface area contributed by atoms with Gasteiger partial charge in [-0.25, -0.2) is 4.39 Å². The molecule has 0 bridgehead atoms. The summed E-state index contributed by atoms with van der Waals surface area (Å²) in [5.41, 5.74) is 0.943. The molecule has 2 amide bonds. The Labute approximate surface area is 143 Å². The van der Waals surface area contributed by atoms with Crippen molar-refractivity contribution in [3.63, 3.8) is 0 Å². The molecule has 2 aromatic rings. The summed E-state index contributed by atoms with van der Waals surface area (Å²) in [6.07, 6.45) is 3.57. The number of carbonyl (C=O) groups is 2. The number of nitrogens with zero attached hydrogens (tertiary/aromatic N) is 1. The van der Waals surface area contributed by atoms with Crippen LogP contribution in [0.15, 0.2) is 42.5 Å². The van der Waals surface area contributed by atoms with Gasteiger partial charge in [-0.2, -0.15) is 0 Å². The van der Waals surface area contributed by atoms with Crippen molar-refractivity contribution in [3.8, 4) is 10.4 Å². The smallest absolute Gasteiger partial charge is 0.244 e. The molecular formula is C18H17FN2O2S. The zero-order chi connectivity index (χ0) is 17.1. The molecule has 24 heavy (non-hydrogen) atoms. The quantitative estimate of drug-likeness (QED) is 0.867. The van der Waals surface area contributed by atoms with E-state index in [4.69, 9.17) is 0 Å². The zero-order valence-electron chi connectivity index (χ0n) is 13.2. The Bertz CT molecular complexity index is 783. The number of halogens is 1. The lowest BCUT2D eigenvalue weighted by Crippen LogP contribution is -2.35. The Morgan fingerprint density at radius 2 is 2.04 bits per heavy atom. The Morgan fingerprint density at radius 1 is 1.29 bits per heavy atom.